The van der Waals surface area contributed by atoms with E-state index in [0.29, 0.717) is 11.4 Å². The number of sulfone groups is 1. The number of aromatic nitrogens is 1. The van der Waals surface area contributed by atoms with E-state index in [1.165, 1.54) is 6.20 Å². The minimum atomic E-state index is -3.36. The maximum Gasteiger partial charge on any atom is 0.218 e. The third kappa shape index (κ3) is 2.27. The van der Waals surface area contributed by atoms with Crippen LogP contribution < -0.4 is 4.74 Å². The molecule has 5 nitrogen and oxygen atoms in total. The third-order valence-corrected chi connectivity index (χ3v) is 3.47. The van der Waals surface area contributed by atoms with Gasteiger partial charge in [-0.25, -0.2) is 13.4 Å². The lowest BCUT2D eigenvalue weighted by atomic mass is 10.5. The molecule has 0 saturated carbocycles. The first-order chi connectivity index (χ1) is 7.58. The second kappa shape index (κ2) is 4.05. The summed E-state index contributed by atoms with van der Waals surface area (Å²) in [6, 6.07) is 3.42. The quantitative estimate of drug-likeness (QED) is 0.792. The van der Waals surface area contributed by atoms with Gasteiger partial charge in [0.1, 0.15) is 12.4 Å². The Morgan fingerprint density at radius 1 is 1.44 bits per heavy atom. The molecule has 2 rings (SSSR count). The third-order valence-electron chi connectivity index (χ3n) is 1.95. The summed E-state index contributed by atoms with van der Waals surface area (Å²) in [6.07, 6.45) is 3.13. The first-order valence-corrected chi connectivity index (χ1v) is 6.16. The Hall–Kier alpha value is -1.69. The molecule has 0 saturated heterocycles. The molecule has 1 aromatic rings. The summed E-state index contributed by atoms with van der Waals surface area (Å²) in [5, 5.41) is 1.17. The van der Waals surface area contributed by atoms with Crippen molar-refractivity contribution in [3.63, 3.8) is 0 Å². The van der Waals surface area contributed by atoms with Gasteiger partial charge in [0, 0.05) is 6.20 Å². The smallest absolute Gasteiger partial charge is 0.218 e. The average molecular weight is 238 g/mol. The van der Waals surface area contributed by atoms with Gasteiger partial charge in [-0.2, -0.15) is 0 Å². The number of allylic oxidation sites excluding steroid dienone is 1. The van der Waals surface area contributed by atoms with Crippen LogP contribution in [0.1, 0.15) is 6.92 Å². The van der Waals surface area contributed by atoms with Crippen LogP contribution in [0.25, 0.3) is 0 Å². The molecule has 1 aromatic heterocycles. The first kappa shape index (κ1) is 10.8. The van der Waals surface area contributed by atoms with E-state index in [-0.39, 0.29) is 11.7 Å². The summed E-state index contributed by atoms with van der Waals surface area (Å²) in [4.78, 5) is 7.75. The van der Waals surface area contributed by atoms with E-state index >= 15 is 0 Å². The molecule has 0 amide bonds. The number of nitrogens with zero attached hydrogens (tertiary/aromatic N) is 2. The Labute approximate surface area is 93.4 Å². The van der Waals surface area contributed by atoms with Crippen molar-refractivity contribution in [2.45, 2.75) is 6.92 Å². The van der Waals surface area contributed by atoms with Crippen LogP contribution in [0.5, 0.6) is 5.75 Å². The van der Waals surface area contributed by atoms with E-state index in [9.17, 15) is 8.42 Å². The molecule has 1 aliphatic heterocycles. The highest BCUT2D eigenvalue weighted by molar-refractivity contribution is 8.09. The number of pyridine rings is 1. The normalized spacial score (nSPS) is 17.8. The van der Waals surface area contributed by atoms with Crippen molar-refractivity contribution in [1.82, 2.24) is 4.98 Å². The summed E-state index contributed by atoms with van der Waals surface area (Å²) in [5.74, 6) is 0.518. The molecule has 0 radical (unpaired) electrons. The number of aliphatic imine (C=N–C) groups is 1. The lowest BCUT2D eigenvalue weighted by Crippen LogP contribution is -2.17. The molecule has 1 aliphatic rings. The second-order valence-corrected chi connectivity index (χ2v) is 5.08. The maximum absolute atomic E-state index is 11.5. The van der Waals surface area contributed by atoms with E-state index in [1.807, 2.05) is 0 Å². The van der Waals surface area contributed by atoms with Crippen molar-refractivity contribution in [1.29, 1.82) is 0 Å². The zero-order valence-electron chi connectivity index (χ0n) is 8.62. The van der Waals surface area contributed by atoms with Gasteiger partial charge in [-0.15, -0.1) is 0 Å². The summed E-state index contributed by atoms with van der Waals surface area (Å²) < 4.78 is 28.2. The number of rotatable bonds is 3. The van der Waals surface area contributed by atoms with Crippen molar-refractivity contribution < 1.29 is 13.2 Å². The minimum absolute atomic E-state index is 0.0360. The molecule has 0 bridgehead atoms. The van der Waals surface area contributed by atoms with Crippen LogP contribution in [0.3, 0.4) is 0 Å². The highest BCUT2D eigenvalue weighted by Gasteiger charge is 2.23. The van der Waals surface area contributed by atoms with Gasteiger partial charge in [0.2, 0.25) is 9.84 Å². The summed E-state index contributed by atoms with van der Waals surface area (Å²) in [6.45, 7) is 1.57. The molecule has 16 heavy (non-hydrogen) atoms. The van der Waals surface area contributed by atoms with Crippen molar-refractivity contribution >= 4 is 14.9 Å². The highest BCUT2D eigenvalue weighted by Crippen LogP contribution is 2.15. The highest BCUT2D eigenvalue weighted by atomic mass is 32.2. The molecular formula is C10H10N2O3S. The van der Waals surface area contributed by atoms with Crippen LogP contribution in [-0.2, 0) is 9.84 Å². The summed E-state index contributed by atoms with van der Waals surface area (Å²) in [5.41, 5.74) is 0.477. The minimum Gasteiger partial charge on any atom is -0.485 e. The van der Waals surface area contributed by atoms with Gasteiger partial charge in [0.15, 0.2) is 5.04 Å². The SMILES string of the molecule is CC1=CS(=O)(=O)C(COc2cccnc2)=N1. The predicted molar refractivity (Wildman–Crippen MR) is 59.8 cm³/mol. The zero-order valence-corrected chi connectivity index (χ0v) is 9.44. The van der Waals surface area contributed by atoms with Crippen LogP contribution in [0, 0.1) is 0 Å². The zero-order chi connectivity index (χ0) is 11.6. The van der Waals surface area contributed by atoms with Crippen molar-refractivity contribution in [3.8, 4) is 5.75 Å². The molecular weight excluding hydrogens is 228 g/mol. The lowest BCUT2D eigenvalue weighted by molar-refractivity contribution is 0.377. The Morgan fingerprint density at radius 3 is 2.81 bits per heavy atom. The van der Waals surface area contributed by atoms with Gasteiger partial charge in [-0.1, -0.05) is 0 Å². The second-order valence-electron chi connectivity index (χ2n) is 3.29. The van der Waals surface area contributed by atoms with Crippen LogP contribution in [0.4, 0.5) is 0 Å². The average Bonchev–Trinajstić information content (AvgIpc) is 2.50. The lowest BCUT2D eigenvalue weighted by Gasteiger charge is -2.04. The van der Waals surface area contributed by atoms with Crippen LogP contribution in [-0.4, -0.2) is 25.1 Å². The van der Waals surface area contributed by atoms with Gasteiger partial charge in [0.05, 0.1) is 17.3 Å². The fraction of sp³-hybridized carbons (Fsp3) is 0.200. The molecule has 0 unspecified atom stereocenters. The van der Waals surface area contributed by atoms with Crippen molar-refractivity contribution in [3.05, 3.63) is 35.6 Å². The molecule has 0 aliphatic carbocycles. The Bertz CT molecular complexity index is 547. The molecule has 2 heterocycles. The Kier molecular flexibility index (Phi) is 2.74. The number of hydrogen-bond acceptors (Lipinski definition) is 5. The Morgan fingerprint density at radius 2 is 2.25 bits per heavy atom. The van der Waals surface area contributed by atoms with E-state index in [4.69, 9.17) is 4.74 Å². The van der Waals surface area contributed by atoms with Gasteiger partial charge in [-0.3, -0.25) is 4.98 Å². The Balaban J connectivity index is 2.06. The molecule has 84 valence electrons. The van der Waals surface area contributed by atoms with Gasteiger partial charge < -0.3 is 4.74 Å². The maximum atomic E-state index is 11.5. The summed E-state index contributed by atoms with van der Waals surface area (Å²) >= 11 is 0. The van der Waals surface area contributed by atoms with Crippen LogP contribution >= 0.6 is 0 Å². The van der Waals surface area contributed by atoms with Crippen LogP contribution in [0.2, 0.25) is 0 Å². The van der Waals surface area contributed by atoms with Crippen LogP contribution in [0.15, 0.2) is 40.6 Å². The number of ether oxygens (including phenoxy) is 1. The topological polar surface area (TPSA) is 68.6 Å². The number of hydrogen-bond donors (Lipinski definition) is 0. The predicted octanol–water partition coefficient (Wildman–Crippen LogP) is 1.15. The van der Waals surface area contributed by atoms with Gasteiger partial charge >= 0.3 is 0 Å². The van der Waals surface area contributed by atoms with E-state index in [0.717, 1.165) is 5.41 Å². The standard InChI is InChI=1S/C10H10N2O3S/c1-8-7-16(13,14)10(12-8)6-15-9-3-2-4-11-5-9/h2-5,7H,6H2,1H3. The van der Waals surface area contributed by atoms with E-state index in [2.05, 4.69) is 9.98 Å². The van der Waals surface area contributed by atoms with E-state index in [1.54, 1.807) is 25.3 Å². The largest absolute Gasteiger partial charge is 0.485 e. The van der Waals surface area contributed by atoms with E-state index < -0.39 is 9.84 Å². The monoisotopic (exact) mass is 238 g/mol. The fourth-order valence-electron chi connectivity index (χ4n) is 1.27. The first-order valence-electron chi connectivity index (χ1n) is 4.62. The molecule has 0 fully saturated rings. The molecule has 0 spiro atoms. The summed E-state index contributed by atoms with van der Waals surface area (Å²) in [7, 11) is -3.36. The molecule has 0 N–H and O–H groups in total. The van der Waals surface area contributed by atoms with Gasteiger partial charge in [0.25, 0.3) is 0 Å². The van der Waals surface area contributed by atoms with Gasteiger partial charge in [-0.05, 0) is 19.1 Å². The van der Waals surface area contributed by atoms with Crippen molar-refractivity contribution in [2.75, 3.05) is 6.61 Å². The fourth-order valence-corrected chi connectivity index (χ4v) is 2.40. The molecule has 0 atom stereocenters. The van der Waals surface area contributed by atoms with Crippen molar-refractivity contribution in [2.24, 2.45) is 4.99 Å². The molecule has 6 heteroatoms. The molecule has 0 aromatic carbocycles.